The van der Waals surface area contributed by atoms with Gasteiger partial charge in [-0.1, -0.05) is 25.0 Å². The van der Waals surface area contributed by atoms with E-state index in [1.165, 1.54) is 35.5 Å². The van der Waals surface area contributed by atoms with E-state index in [0.717, 1.165) is 25.7 Å². The number of benzene rings is 1. The van der Waals surface area contributed by atoms with Crippen LogP contribution in [-0.4, -0.2) is 67.4 Å². The molecule has 9 heteroatoms. The number of amides is 2. The van der Waals surface area contributed by atoms with Gasteiger partial charge in [0.15, 0.2) is 5.78 Å². The van der Waals surface area contributed by atoms with Gasteiger partial charge < -0.3 is 10.2 Å². The Hall–Kier alpha value is -2.26. The number of ketones is 1. The Morgan fingerprint density at radius 3 is 2.45 bits per heavy atom. The fourth-order valence-electron chi connectivity index (χ4n) is 4.16. The molecule has 0 aliphatic carbocycles. The van der Waals surface area contributed by atoms with E-state index < -0.39 is 16.1 Å². The number of hydrogen-bond donors (Lipinski definition) is 1. The number of carbonyl (C=O) groups excluding carboxylic acids is 3. The number of rotatable bonds is 7. The van der Waals surface area contributed by atoms with Crippen molar-refractivity contribution in [1.82, 2.24) is 14.5 Å². The zero-order chi connectivity index (χ0) is 22.4. The van der Waals surface area contributed by atoms with Crippen molar-refractivity contribution in [3.05, 3.63) is 29.8 Å². The normalized spacial score (nSPS) is 20.9. The number of Topliss-reactive ketones (excluding diaryl/α,β-unsaturated/α-hetero) is 1. The minimum absolute atomic E-state index is 0.0763. The first-order valence-electron chi connectivity index (χ1n) is 11.0. The maximum Gasteiger partial charge on any atom is 0.243 e. The van der Waals surface area contributed by atoms with E-state index in [1.54, 1.807) is 4.90 Å². The SMILES string of the molecule is CC(=O)c1ccc(S(=O)(=O)N2CCCCC2C(=O)NCCN2CCCCCC2=O)cc1. The highest BCUT2D eigenvalue weighted by Crippen LogP contribution is 2.26. The highest BCUT2D eigenvalue weighted by molar-refractivity contribution is 7.89. The summed E-state index contributed by atoms with van der Waals surface area (Å²) in [6.45, 7) is 3.15. The van der Waals surface area contributed by atoms with Crippen LogP contribution in [0.3, 0.4) is 0 Å². The Bertz CT molecular complexity index is 914. The van der Waals surface area contributed by atoms with Crippen LogP contribution >= 0.6 is 0 Å². The molecular weight excluding hydrogens is 418 g/mol. The smallest absolute Gasteiger partial charge is 0.243 e. The molecule has 1 N–H and O–H groups in total. The van der Waals surface area contributed by atoms with Crippen LogP contribution in [0.4, 0.5) is 0 Å². The third-order valence-corrected chi connectivity index (χ3v) is 7.90. The van der Waals surface area contributed by atoms with Crippen molar-refractivity contribution in [2.45, 2.75) is 62.8 Å². The van der Waals surface area contributed by atoms with E-state index >= 15 is 0 Å². The zero-order valence-corrected chi connectivity index (χ0v) is 18.8. The topological polar surface area (TPSA) is 104 Å². The number of nitrogens with one attached hydrogen (secondary N) is 1. The molecule has 0 spiro atoms. The van der Waals surface area contributed by atoms with Gasteiger partial charge in [0.1, 0.15) is 6.04 Å². The molecule has 2 aliphatic rings. The lowest BCUT2D eigenvalue weighted by Crippen LogP contribution is -2.52. The monoisotopic (exact) mass is 449 g/mol. The Morgan fingerprint density at radius 2 is 1.74 bits per heavy atom. The Labute approximate surface area is 184 Å². The summed E-state index contributed by atoms with van der Waals surface area (Å²) in [4.78, 5) is 38.3. The van der Waals surface area contributed by atoms with Crippen molar-refractivity contribution in [3.8, 4) is 0 Å². The second kappa shape index (κ2) is 10.4. The van der Waals surface area contributed by atoms with Gasteiger partial charge in [0, 0.05) is 38.2 Å². The van der Waals surface area contributed by atoms with Gasteiger partial charge in [-0.2, -0.15) is 4.31 Å². The molecule has 2 fully saturated rings. The molecule has 1 atom stereocenters. The van der Waals surface area contributed by atoms with Crippen molar-refractivity contribution in [3.63, 3.8) is 0 Å². The number of nitrogens with zero attached hydrogens (tertiary/aromatic N) is 2. The van der Waals surface area contributed by atoms with E-state index in [2.05, 4.69) is 5.32 Å². The molecule has 1 unspecified atom stereocenters. The maximum atomic E-state index is 13.2. The van der Waals surface area contributed by atoms with Crippen LogP contribution in [0.25, 0.3) is 0 Å². The standard InChI is InChI=1S/C22H31N3O5S/c1-17(26)18-9-11-19(12-10-18)31(29,30)25-15-6-4-7-20(25)22(28)23-13-16-24-14-5-2-3-8-21(24)27/h9-12,20H,2-8,13-16H2,1H3,(H,23,28). The molecule has 2 saturated heterocycles. The first-order chi connectivity index (χ1) is 14.8. The molecule has 2 heterocycles. The second-order valence-electron chi connectivity index (χ2n) is 8.19. The lowest BCUT2D eigenvalue weighted by molar-refractivity contribution is -0.131. The van der Waals surface area contributed by atoms with Crippen LogP contribution in [0.1, 0.15) is 62.2 Å². The first-order valence-corrected chi connectivity index (χ1v) is 12.4. The predicted molar refractivity (Wildman–Crippen MR) is 116 cm³/mol. The first kappa shape index (κ1) is 23.4. The third-order valence-electron chi connectivity index (χ3n) is 5.98. The van der Waals surface area contributed by atoms with Crippen molar-refractivity contribution in [2.24, 2.45) is 0 Å². The van der Waals surface area contributed by atoms with Crippen LogP contribution in [0.2, 0.25) is 0 Å². The molecule has 0 radical (unpaired) electrons. The summed E-state index contributed by atoms with van der Waals surface area (Å²) >= 11 is 0. The molecule has 170 valence electrons. The lowest BCUT2D eigenvalue weighted by atomic mass is 10.0. The molecule has 31 heavy (non-hydrogen) atoms. The summed E-state index contributed by atoms with van der Waals surface area (Å²) in [6, 6.07) is 5.05. The zero-order valence-electron chi connectivity index (χ0n) is 18.0. The summed E-state index contributed by atoms with van der Waals surface area (Å²) in [5.41, 5.74) is 0.440. The maximum absolute atomic E-state index is 13.2. The highest BCUT2D eigenvalue weighted by atomic mass is 32.2. The van der Waals surface area contributed by atoms with E-state index in [4.69, 9.17) is 0 Å². The number of carbonyl (C=O) groups is 3. The molecule has 2 aliphatic heterocycles. The molecule has 0 saturated carbocycles. The minimum atomic E-state index is -3.86. The average molecular weight is 450 g/mol. The highest BCUT2D eigenvalue weighted by Gasteiger charge is 2.37. The molecule has 2 amide bonds. The van der Waals surface area contributed by atoms with Crippen molar-refractivity contribution >= 4 is 27.6 Å². The summed E-state index contributed by atoms with van der Waals surface area (Å²) in [6.07, 6.45) is 5.39. The van der Waals surface area contributed by atoms with E-state index in [9.17, 15) is 22.8 Å². The average Bonchev–Trinajstić information content (AvgIpc) is 2.97. The van der Waals surface area contributed by atoms with Gasteiger partial charge in [0.2, 0.25) is 21.8 Å². The second-order valence-corrected chi connectivity index (χ2v) is 10.1. The van der Waals surface area contributed by atoms with Gasteiger partial charge >= 0.3 is 0 Å². The van der Waals surface area contributed by atoms with Crippen LogP contribution in [0, 0.1) is 0 Å². The van der Waals surface area contributed by atoms with E-state index in [1.807, 2.05) is 0 Å². The van der Waals surface area contributed by atoms with Gasteiger partial charge in [-0.25, -0.2) is 8.42 Å². The predicted octanol–water partition coefficient (Wildman–Crippen LogP) is 1.95. The van der Waals surface area contributed by atoms with Crippen molar-refractivity contribution in [1.29, 1.82) is 0 Å². The van der Waals surface area contributed by atoms with Crippen LogP contribution in [0.5, 0.6) is 0 Å². The quantitative estimate of drug-likeness (QED) is 0.641. The molecule has 1 aromatic rings. The van der Waals surface area contributed by atoms with E-state index in [-0.39, 0.29) is 29.0 Å². The van der Waals surface area contributed by atoms with E-state index in [0.29, 0.717) is 44.5 Å². The molecule has 0 aromatic heterocycles. The van der Waals surface area contributed by atoms with Gasteiger partial charge in [-0.05, 0) is 44.7 Å². The number of likely N-dealkylation sites (tertiary alicyclic amines) is 1. The Morgan fingerprint density at radius 1 is 1.03 bits per heavy atom. The summed E-state index contributed by atoms with van der Waals surface area (Å²) in [5.74, 6) is -0.351. The van der Waals surface area contributed by atoms with Gasteiger partial charge in [-0.3, -0.25) is 14.4 Å². The lowest BCUT2D eigenvalue weighted by Gasteiger charge is -2.34. The fourth-order valence-corrected chi connectivity index (χ4v) is 5.82. The number of hydrogen-bond acceptors (Lipinski definition) is 5. The largest absolute Gasteiger partial charge is 0.353 e. The fraction of sp³-hybridized carbons (Fsp3) is 0.591. The van der Waals surface area contributed by atoms with Gasteiger partial charge in [0.05, 0.1) is 4.90 Å². The van der Waals surface area contributed by atoms with Crippen molar-refractivity contribution in [2.75, 3.05) is 26.2 Å². The molecule has 8 nitrogen and oxygen atoms in total. The minimum Gasteiger partial charge on any atom is -0.353 e. The third kappa shape index (κ3) is 5.71. The van der Waals surface area contributed by atoms with Gasteiger partial charge in [0.25, 0.3) is 0 Å². The molecular formula is C22H31N3O5S. The van der Waals surface area contributed by atoms with Crippen LogP contribution in [0.15, 0.2) is 29.2 Å². The summed E-state index contributed by atoms with van der Waals surface area (Å²) < 4.78 is 27.7. The summed E-state index contributed by atoms with van der Waals surface area (Å²) in [5, 5.41) is 2.83. The number of piperidine rings is 1. The van der Waals surface area contributed by atoms with Crippen molar-refractivity contribution < 1.29 is 22.8 Å². The Kier molecular flexibility index (Phi) is 7.83. The Balaban J connectivity index is 1.65. The van der Waals surface area contributed by atoms with Gasteiger partial charge in [-0.15, -0.1) is 0 Å². The van der Waals surface area contributed by atoms with Crippen LogP contribution in [-0.2, 0) is 19.6 Å². The summed E-state index contributed by atoms with van der Waals surface area (Å²) in [7, 11) is -3.86. The molecule has 3 rings (SSSR count). The molecule has 1 aromatic carbocycles. The van der Waals surface area contributed by atoms with Crippen LogP contribution < -0.4 is 5.32 Å². The molecule has 0 bridgehead atoms. The number of sulfonamides is 1.